The SMILES string of the molecule is [B][C@H]1[CH-][C@@H](C)C([CH2-])(CC)O1.[B][C@H]1[CH-][C@H](C)C([CH2-])(CC)O1.[CH2-]CC1(CC)O[C@@H](Br)[CH-][C@@H]1C.[Y].[Y].[Y]. The molecule has 3 nitrogen and oxygen atoms in total. The van der Waals surface area contributed by atoms with Gasteiger partial charge in [-0.1, -0.05) is 81.5 Å². The summed E-state index contributed by atoms with van der Waals surface area (Å²) in [6.45, 7) is 24.5. The van der Waals surface area contributed by atoms with Crippen molar-refractivity contribution >= 4 is 31.6 Å². The van der Waals surface area contributed by atoms with Gasteiger partial charge in [0, 0.05) is 104 Å². The van der Waals surface area contributed by atoms with Gasteiger partial charge in [0.1, 0.15) is 0 Å². The number of ether oxygens (including phenoxy) is 3. The van der Waals surface area contributed by atoms with Gasteiger partial charge in [-0.15, -0.1) is 17.9 Å². The van der Waals surface area contributed by atoms with Gasteiger partial charge in [-0.05, 0) is 11.4 Å². The van der Waals surface area contributed by atoms with Gasteiger partial charge >= 0.3 is 0 Å². The monoisotopic (exact) mass is 757 g/mol. The van der Waals surface area contributed by atoms with Gasteiger partial charge in [0.25, 0.3) is 0 Å². The van der Waals surface area contributed by atoms with Crippen molar-refractivity contribution in [3.63, 3.8) is 0 Å². The van der Waals surface area contributed by atoms with Gasteiger partial charge in [0.05, 0.1) is 15.7 Å². The Labute approximate surface area is 298 Å². The second-order valence-corrected chi connectivity index (χ2v) is 9.98. The Kier molecular flexibility index (Phi) is 23.6. The number of halogens is 1. The molecule has 3 aliphatic rings. The van der Waals surface area contributed by atoms with Gasteiger partial charge in [-0.25, -0.2) is 0 Å². The van der Waals surface area contributed by atoms with Gasteiger partial charge < -0.3 is 47.8 Å². The van der Waals surface area contributed by atoms with E-state index in [1.165, 1.54) is 0 Å². The van der Waals surface area contributed by atoms with E-state index in [2.05, 4.69) is 84.7 Å². The van der Waals surface area contributed by atoms with Crippen molar-refractivity contribution in [1.82, 2.24) is 0 Å². The van der Waals surface area contributed by atoms with Gasteiger partial charge in [0.2, 0.25) is 0 Å². The van der Waals surface area contributed by atoms with Crippen molar-refractivity contribution in [2.75, 3.05) is 0 Å². The predicted octanol–water partition coefficient (Wildman–Crippen LogP) is 5.61. The summed E-state index contributed by atoms with van der Waals surface area (Å²) in [5.74, 6) is 1.24. The maximum absolute atomic E-state index is 5.76. The molecule has 0 aromatic rings. The van der Waals surface area contributed by atoms with Crippen LogP contribution in [0.15, 0.2) is 0 Å². The zero-order valence-electron chi connectivity index (χ0n) is 22.1. The maximum atomic E-state index is 5.76. The Morgan fingerprint density at radius 1 is 0.735 bits per heavy atom. The zero-order chi connectivity index (χ0) is 24.0. The van der Waals surface area contributed by atoms with Gasteiger partial charge in [0.15, 0.2) is 0 Å². The number of alkyl halides is 1. The first-order chi connectivity index (χ1) is 14.3. The van der Waals surface area contributed by atoms with Crippen LogP contribution in [0.2, 0.25) is 0 Å². The number of rotatable bonds is 4. The quantitative estimate of drug-likeness (QED) is 0.212. The zero-order valence-corrected chi connectivity index (χ0v) is 32.2. The molecule has 7 radical (unpaired) electrons. The Bertz CT molecular complexity index is 518. The van der Waals surface area contributed by atoms with Crippen molar-refractivity contribution in [2.45, 2.75) is 101 Å². The minimum absolute atomic E-state index is 0. The first-order valence-electron chi connectivity index (χ1n) is 11.5. The fourth-order valence-corrected chi connectivity index (χ4v) is 5.04. The second-order valence-electron chi connectivity index (χ2n) is 9.08. The molecule has 0 aliphatic carbocycles. The third-order valence-corrected chi connectivity index (χ3v) is 7.69. The standard InChI is InChI=1S/C9H15BrO.2C8H13BO.3Y/c1-4-9(5-2)7(3)6-8(10)11-9;2*1-4-8(3)6(2)5-7(9)10-8;;;/h6-8H,1,4-5H2,2-3H3;2*5-7H,3-4H2,1-2H3;;;/q3*-2;;;/t7-,8+,9?;6-,7+,8?;6-,7-,8?;;;/m001.../s1. The minimum Gasteiger partial charge on any atom is -0.446 e. The average molecular weight is 758 g/mol. The molecule has 0 aromatic carbocycles. The molecule has 34 heavy (non-hydrogen) atoms. The van der Waals surface area contributed by atoms with Crippen LogP contribution in [0.4, 0.5) is 0 Å². The van der Waals surface area contributed by atoms with Crippen LogP contribution in [0.3, 0.4) is 0 Å². The molecule has 0 spiro atoms. The van der Waals surface area contributed by atoms with Crippen molar-refractivity contribution in [1.29, 1.82) is 0 Å². The first-order valence-corrected chi connectivity index (χ1v) is 12.5. The molecular formula is C25H41B2BrO3Y3-6. The Hall–Kier alpha value is 3.80. The van der Waals surface area contributed by atoms with Gasteiger partial charge in [-0.3, -0.25) is 6.42 Å². The summed E-state index contributed by atoms with van der Waals surface area (Å²) in [6.07, 6.45) is 9.90. The largest absolute Gasteiger partial charge is 0.446 e. The van der Waals surface area contributed by atoms with E-state index < -0.39 is 0 Å². The summed E-state index contributed by atoms with van der Waals surface area (Å²) in [5, 5.41) is 0.124. The fourth-order valence-electron chi connectivity index (χ4n) is 4.21. The van der Waals surface area contributed by atoms with Crippen LogP contribution in [-0.2, 0) is 112 Å². The van der Waals surface area contributed by atoms with E-state index in [-0.39, 0.29) is 132 Å². The number of hydrogen-bond acceptors (Lipinski definition) is 3. The van der Waals surface area contributed by atoms with Crippen LogP contribution in [0.5, 0.6) is 0 Å². The summed E-state index contributed by atoms with van der Waals surface area (Å²) in [4.78, 5) is 0. The molecule has 3 unspecified atom stereocenters. The molecule has 3 aliphatic heterocycles. The molecule has 0 N–H and O–H groups in total. The maximum Gasteiger partial charge on any atom is 0.0623 e. The van der Waals surface area contributed by atoms with E-state index >= 15 is 0 Å². The molecule has 3 fully saturated rings. The smallest absolute Gasteiger partial charge is 0.0623 e. The molecule has 0 aromatic heterocycles. The van der Waals surface area contributed by atoms with E-state index in [0.717, 1.165) is 25.7 Å². The Morgan fingerprint density at radius 3 is 1.24 bits per heavy atom. The third-order valence-electron chi connectivity index (χ3n) is 7.19. The van der Waals surface area contributed by atoms with Crippen LogP contribution in [0, 0.1) is 57.8 Å². The molecule has 3 heterocycles. The van der Waals surface area contributed by atoms with E-state index in [0.29, 0.717) is 17.8 Å². The van der Waals surface area contributed by atoms with Gasteiger partial charge in [-0.2, -0.15) is 18.3 Å². The van der Waals surface area contributed by atoms with Crippen molar-refractivity contribution in [3.8, 4) is 0 Å². The van der Waals surface area contributed by atoms with Crippen LogP contribution in [-0.4, -0.2) is 49.5 Å². The van der Waals surface area contributed by atoms with E-state index in [9.17, 15) is 0 Å². The van der Waals surface area contributed by atoms with Crippen molar-refractivity contribution < 1.29 is 112 Å². The number of hydrogen-bond donors (Lipinski definition) is 0. The van der Waals surface area contributed by atoms with Crippen LogP contribution >= 0.6 is 15.9 Å². The molecule has 9 atom stereocenters. The predicted molar refractivity (Wildman–Crippen MR) is 135 cm³/mol. The average Bonchev–Trinajstić information content (AvgIpc) is 3.26. The van der Waals surface area contributed by atoms with E-state index in [1.807, 2.05) is 12.8 Å². The molecule has 3 saturated heterocycles. The molecule has 3 rings (SSSR count). The molecule has 0 amide bonds. The summed E-state index contributed by atoms with van der Waals surface area (Å²) >= 11 is 3.43. The van der Waals surface area contributed by atoms with Crippen LogP contribution in [0.1, 0.15) is 67.2 Å². The van der Waals surface area contributed by atoms with Crippen molar-refractivity contribution in [2.24, 2.45) is 17.8 Å². The normalized spacial score (nSPS) is 42.6. The fraction of sp³-hybridized carbons (Fsp3) is 0.760. The molecule has 0 saturated carbocycles. The molecular weight excluding hydrogens is 717 g/mol. The third kappa shape index (κ3) is 11.7. The molecule has 187 valence electrons. The molecule has 0 bridgehead atoms. The second kappa shape index (κ2) is 19.0. The summed E-state index contributed by atoms with van der Waals surface area (Å²) in [7, 11) is 11.1. The first kappa shape index (κ1) is 42.3. The molecule has 9 heteroatoms. The minimum atomic E-state index is -0.264. The summed E-state index contributed by atoms with van der Waals surface area (Å²) < 4.78 is 16.6. The van der Waals surface area contributed by atoms with Crippen LogP contribution < -0.4 is 0 Å². The summed E-state index contributed by atoms with van der Waals surface area (Å²) in [6, 6.07) is -0.431. The Balaban J connectivity index is -0.000000407. The van der Waals surface area contributed by atoms with E-state index in [4.69, 9.17) is 29.9 Å². The van der Waals surface area contributed by atoms with Crippen molar-refractivity contribution in [3.05, 3.63) is 40.0 Å². The Morgan fingerprint density at radius 2 is 1.12 bits per heavy atom. The summed E-state index contributed by atoms with van der Waals surface area (Å²) in [5.41, 5.74) is -0.535. The van der Waals surface area contributed by atoms with Crippen LogP contribution in [0.25, 0.3) is 0 Å². The topological polar surface area (TPSA) is 27.7 Å². The van der Waals surface area contributed by atoms with E-state index in [1.54, 1.807) is 0 Å².